The molecule has 5 rings (SSSR count). The van der Waals surface area contributed by atoms with Crippen LogP contribution in [0.5, 0.6) is 0 Å². The van der Waals surface area contributed by atoms with Crippen molar-refractivity contribution in [2.24, 2.45) is 7.05 Å². The number of halogens is 1. The van der Waals surface area contributed by atoms with Gasteiger partial charge in [-0.3, -0.25) is 14.6 Å². The number of aryl methyl sites for hydroxylation is 1. The molecule has 0 bridgehead atoms. The Hall–Kier alpha value is -2.79. The monoisotopic (exact) mass is 374 g/mol. The fourth-order valence-electron chi connectivity index (χ4n) is 4.57. The molecule has 0 aliphatic carbocycles. The van der Waals surface area contributed by atoms with E-state index in [1.165, 1.54) is 37.1 Å². The van der Waals surface area contributed by atoms with E-state index >= 15 is 0 Å². The van der Waals surface area contributed by atoms with Crippen molar-refractivity contribution in [3.63, 3.8) is 0 Å². The Morgan fingerprint density at radius 2 is 1.79 bits per heavy atom. The summed E-state index contributed by atoms with van der Waals surface area (Å²) in [5.74, 6) is -0.229. The maximum atomic E-state index is 13.5. The summed E-state index contributed by atoms with van der Waals surface area (Å²) in [5.41, 5.74) is 6.53. The summed E-state index contributed by atoms with van der Waals surface area (Å²) in [6.45, 7) is 2.30. The molecule has 142 valence electrons. The van der Waals surface area contributed by atoms with Gasteiger partial charge in [0.15, 0.2) is 0 Å². The Kier molecular flexibility index (Phi) is 4.32. The highest BCUT2D eigenvalue weighted by Crippen LogP contribution is 2.40. The highest BCUT2D eigenvalue weighted by Gasteiger charge is 2.30. The molecule has 1 unspecified atom stereocenters. The van der Waals surface area contributed by atoms with E-state index in [1.54, 1.807) is 0 Å². The third-order valence-electron chi connectivity index (χ3n) is 5.91. The average molecular weight is 374 g/mol. The van der Waals surface area contributed by atoms with Gasteiger partial charge in [0.05, 0.1) is 11.4 Å². The second-order valence-electron chi connectivity index (χ2n) is 7.63. The van der Waals surface area contributed by atoms with Crippen LogP contribution in [0.4, 0.5) is 4.39 Å². The highest BCUT2D eigenvalue weighted by molar-refractivity contribution is 5.90. The van der Waals surface area contributed by atoms with E-state index in [-0.39, 0.29) is 5.82 Å². The number of aromatic nitrogens is 3. The van der Waals surface area contributed by atoms with Crippen molar-refractivity contribution < 1.29 is 4.39 Å². The number of hydrogen-bond acceptors (Lipinski definition) is 3. The van der Waals surface area contributed by atoms with Gasteiger partial charge in [0.1, 0.15) is 5.82 Å². The average Bonchev–Trinajstić information content (AvgIpc) is 3.33. The number of rotatable bonds is 3. The summed E-state index contributed by atoms with van der Waals surface area (Å²) in [5, 5.41) is 4.94. The number of benzene rings is 1. The molecule has 1 fully saturated rings. The third-order valence-corrected chi connectivity index (χ3v) is 5.91. The summed E-state index contributed by atoms with van der Waals surface area (Å²) in [7, 11) is 1.97. The normalized spacial score (nSPS) is 19.5. The summed E-state index contributed by atoms with van der Waals surface area (Å²) in [6.07, 6.45) is 9.55. The van der Waals surface area contributed by atoms with Crippen molar-refractivity contribution in [1.29, 1.82) is 0 Å². The van der Waals surface area contributed by atoms with Crippen LogP contribution in [0.25, 0.3) is 28.0 Å². The summed E-state index contributed by atoms with van der Waals surface area (Å²) in [4.78, 5) is 6.75. The zero-order chi connectivity index (χ0) is 19.1. The van der Waals surface area contributed by atoms with Gasteiger partial charge in [-0.05, 0) is 73.3 Å². The molecule has 2 aromatic heterocycles. The van der Waals surface area contributed by atoms with Gasteiger partial charge in [0.2, 0.25) is 0 Å². The van der Waals surface area contributed by atoms with Gasteiger partial charge >= 0.3 is 0 Å². The van der Waals surface area contributed by atoms with E-state index in [9.17, 15) is 4.39 Å². The van der Waals surface area contributed by atoms with Crippen molar-refractivity contribution in [1.82, 2.24) is 19.7 Å². The molecule has 3 aromatic rings. The van der Waals surface area contributed by atoms with Crippen LogP contribution < -0.4 is 0 Å². The smallest absolute Gasteiger partial charge is 0.123 e. The lowest BCUT2D eigenvalue weighted by molar-refractivity contribution is 0.287. The fraction of sp³-hybridized carbons (Fsp3) is 0.304. The van der Waals surface area contributed by atoms with E-state index in [1.807, 2.05) is 48.4 Å². The second kappa shape index (κ2) is 6.99. The Morgan fingerprint density at radius 3 is 2.57 bits per heavy atom. The first-order chi connectivity index (χ1) is 13.7. The first kappa shape index (κ1) is 17.3. The molecule has 1 atom stereocenters. The molecule has 1 saturated heterocycles. The molecule has 0 amide bonds. The zero-order valence-corrected chi connectivity index (χ0v) is 16.0. The molecule has 0 saturated carbocycles. The predicted molar refractivity (Wildman–Crippen MR) is 109 cm³/mol. The lowest BCUT2D eigenvalue weighted by atomic mass is 9.92. The molecule has 0 N–H and O–H groups in total. The minimum absolute atomic E-state index is 0.229. The molecule has 0 radical (unpaired) electrons. The van der Waals surface area contributed by atoms with Crippen LogP contribution in [-0.2, 0) is 7.05 Å². The van der Waals surface area contributed by atoms with Gasteiger partial charge in [-0.1, -0.05) is 6.08 Å². The minimum Gasteiger partial charge on any atom is -0.297 e. The summed E-state index contributed by atoms with van der Waals surface area (Å²) < 4.78 is 15.4. The van der Waals surface area contributed by atoms with Gasteiger partial charge in [-0.25, -0.2) is 4.39 Å². The number of pyridine rings is 1. The van der Waals surface area contributed by atoms with E-state index in [4.69, 9.17) is 5.10 Å². The van der Waals surface area contributed by atoms with Gasteiger partial charge < -0.3 is 0 Å². The number of hydrogen-bond donors (Lipinski definition) is 0. The van der Waals surface area contributed by atoms with Gasteiger partial charge in [0.25, 0.3) is 0 Å². The van der Waals surface area contributed by atoms with Crippen LogP contribution in [0.1, 0.15) is 25.0 Å². The molecule has 28 heavy (non-hydrogen) atoms. The molecule has 4 nitrogen and oxygen atoms in total. The van der Waals surface area contributed by atoms with Crippen molar-refractivity contribution in [3.8, 4) is 22.4 Å². The van der Waals surface area contributed by atoms with Crippen LogP contribution >= 0.6 is 0 Å². The van der Waals surface area contributed by atoms with Crippen LogP contribution in [0, 0.1) is 5.82 Å². The molecule has 4 heterocycles. The molecule has 5 heteroatoms. The SMILES string of the molecule is Cn1nc(C2=CC3CCCN3CC2)c(-c2ccncc2)c1-c1ccc(F)cc1. The lowest BCUT2D eigenvalue weighted by Crippen LogP contribution is -2.32. The van der Waals surface area contributed by atoms with E-state index < -0.39 is 0 Å². The van der Waals surface area contributed by atoms with Crippen molar-refractivity contribution in [2.75, 3.05) is 13.1 Å². The molecule has 2 aliphatic heterocycles. The van der Waals surface area contributed by atoms with Crippen molar-refractivity contribution in [3.05, 3.63) is 66.4 Å². The standard InChI is InChI=1S/C23H23FN4/c1-27-23(17-4-6-19(24)7-5-17)21(16-8-11-25-12-9-16)22(26-27)18-10-14-28-13-2-3-20(28)15-18/h4-9,11-12,15,20H,2-3,10,13-14H2,1H3. The molecule has 1 aromatic carbocycles. The highest BCUT2D eigenvalue weighted by atomic mass is 19.1. The van der Waals surface area contributed by atoms with Gasteiger partial charge in [0, 0.05) is 43.2 Å². The molecule has 0 spiro atoms. The predicted octanol–water partition coefficient (Wildman–Crippen LogP) is 4.54. The largest absolute Gasteiger partial charge is 0.297 e. The van der Waals surface area contributed by atoms with Crippen LogP contribution in [0.15, 0.2) is 54.9 Å². The third kappa shape index (κ3) is 2.96. The quantitative estimate of drug-likeness (QED) is 0.675. The lowest BCUT2D eigenvalue weighted by Gasteiger charge is -2.28. The second-order valence-corrected chi connectivity index (χ2v) is 7.63. The van der Waals surface area contributed by atoms with Gasteiger partial charge in [-0.15, -0.1) is 0 Å². The maximum absolute atomic E-state index is 13.5. The van der Waals surface area contributed by atoms with E-state index in [0.717, 1.165) is 41.0 Å². The van der Waals surface area contributed by atoms with Crippen LogP contribution in [0.3, 0.4) is 0 Å². The van der Waals surface area contributed by atoms with E-state index in [0.29, 0.717) is 6.04 Å². The summed E-state index contributed by atoms with van der Waals surface area (Å²) in [6, 6.07) is 11.3. The topological polar surface area (TPSA) is 34.0 Å². The first-order valence-electron chi connectivity index (χ1n) is 9.89. The molecular formula is C23H23FN4. The fourth-order valence-corrected chi connectivity index (χ4v) is 4.57. The van der Waals surface area contributed by atoms with Crippen LogP contribution in [0.2, 0.25) is 0 Å². The Labute approximate surface area is 164 Å². The molecular weight excluding hydrogens is 351 g/mol. The van der Waals surface area contributed by atoms with Crippen molar-refractivity contribution >= 4 is 5.57 Å². The van der Waals surface area contributed by atoms with Crippen LogP contribution in [-0.4, -0.2) is 38.8 Å². The minimum atomic E-state index is -0.229. The Morgan fingerprint density at radius 1 is 1.00 bits per heavy atom. The number of nitrogens with zero attached hydrogens (tertiary/aromatic N) is 4. The zero-order valence-electron chi connectivity index (χ0n) is 16.0. The Balaban J connectivity index is 1.70. The Bertz CT molecular complexity index is 1020. The number of fused-ring (bicyclic) bond motifs is 1. The molecule has 2 aliphatic rings. The van der Waals surface area contributed by atoms with Crippen molar-refractivity contribution in [2.45, 2.75) is 25.3 Å². The maximum Gasteiger partial charge on any atom is 0.123 e. The summed E-state index contributed by atoms with van der Waals surface area (Å²) >= 11 is 0. The first-order valence-corrected chi connectivity index (χ1v) is 9.89. The van der Waals surface area contributed by atoms with E-state index in [2.05, 4.69) is 16.0 Å². The van der Waals surface area contributed by atoms with Gasteiger partial charge in [-0.2, -0.15) is 5.10 Å².